The van der Waals surface area contributed by atoms with Crippen molar-refractivity contribution < 1.29 is 9.21 Å². The molecule has 6 nitrogen and oxygen atoms in total. The van der Waals surface area contributed by atoms with Crippen LogP contribution in [0.15, 0.2) is 45.6 Å². The van der Waals surface area contributed by atoms with E-state index in [-0.39, 0.29) is 11.9 Å². The number of hydrogen-bond acceptors (Lipinski definition) is 4. The number of rotatable bonds is 4. The summed E-state index contributed by atoms with van der Waals surface area (Å²) in [5.74, 6) is -0.401. The van der Waals surface area contributed by atoms with Crippen LogP contribution >= 0.6 is 0 Å². The fraction of sp³-hybridized carbons (Fsp3) is 0.364. The van der Waals surface area contributed by atoms with Gasteiger partial charge in [-0.3, -0.25) is 14.7 Å². The van der Waals surface area contributed by atoms with Crippen LogP contribution in [0.3, 0.4) is 0 Å². The molecule has 0 saturated carbocycles. The summed E-state index contributed by atoms with van der Waals surface area (Å²) >= 11 is 0. The summed E-state index contributed by atoms with van der Waals surface area (Å²) in [7, 11) is 0. The van der Waals surface area contributed by atoms with E-state index in [4.69, 9.17) is 4.42 Å². The molecule has 5 rings (SSSR count). The molecule has 1 amide bonds. The van der Waals surface area contributed by atoms with Gasteiger partial charge in [-0.05, 0) is 67.7 Å². The summed E-state index contributed by atoms with van der Waals surface area (Å²) in [5.41, 5.74) is 5.32. The molecular formula is C22H23N3O3. The maximum atomic E-state index is 13.0. The third-order valence-corrected chi connectivity index (χ3v) is 5.97. The van der Waals surface area contributed by atoms with Crippen LogP contribution in [0.1, 0.15) is 52.9 Å². The number of oxazole rings is 1. The molecule has 1 saturated heterocycles. The Hall–Kier alpha value is -2.86. The molecule has 1 N–H and O–H groups in total. The first-order valence-corrected chi connectivity index (χ1v) is 9.86. The van der Waals surface area contributed by atoms with E-state index in [1.165, 1.54) is 18.4 Å². The fourth-order valence-corrected chi connectivity index (χ4v) is 4.44. The summed E-state index contributed by atoms with van der Waals surface area (Å²) in [4.78, 5) is 31.3. The largest absolute Gasteiger partial charge is 0.417 e. The Bertz CT molecular complexity index is 1110. The third kappa shape index (κ3) is 2.94. The molecular weight excluding hydrogens is 354 g/mol. The summed E-state index contributed by atoms with van der Waals surface area (Å²) in [6, 6.07) is 11.9. The first kappa shape index (κ1) is 17.3. The van der Waals surface area contributed by atoms with E-state index in [2.05, 4.69) is 28.9 Å². The molecule has 0 aliphatic carbocycles. The Kier molecular flexibility index (Phi) is 4.09. The van der Waals surface area contributed by atoms with Crippen LogP contribution in [-0.2, 0) is 13.1 Å². The zero-order valence-electron chi connectivity index (χ0n) is 15.9. The average molecular weight is 377 g/mol. The molecule has 3 heterocycles. The van der Waals surface area contributed by atoms with E-state index in [0.29, 0.717) is 17.6 Å². The van der Waals surface area contributed by atoms with Crippen molar-refractivity contribution >= 4 is 17.0 Å². The third-order valence-electron chi connectivity index (χ3n) is 5.97. The van der Waals surface area contributed by atoms with Gasteiger partial charge in [0.15, 0.2) is 5.58 Å². The van der Waals surface area contributed by atoms with Crippen LogP contribution in [0.2, 0.25) is 0 Å². The Morgan fingerprint density at radius 1 is 1.04 bits per heavy atom. The molecule has 1 fully saturated rings. The average Bonchev–Trinajstić information content (AvgIpc) is 3.37. The lowest BCUT2D eigenvalue weighted by molar-refractivity contribution is 0.0723. The molecule has 1 aromatic heterocycles. The number of benzene rings is 2. The highest BCUT2D eigenvalue weighted by molar-refractivity contribution is 5.99. The van der Waals surface area contributed by atoms with Crippen molar-refractivity contribution in [3.05, 3.63) is 69.2 Å². The number of carbonyl (C=O) groups is 1. The maximum absolute atomic E-state index is 13.0. The number of nitrogens with zero attached hydrogens (tertiary/aromatic N) is 2. The highest BCUT2D eigenvalue weighted by Crippen LogP contribution is 2.35. The highest BCUT2D eigenvalue weighted by atomic mass is 16.4. The predicted molar refractivity (Wildman–Crippen MR) is 106 cm³/mol. The van der Waals surface area contributed by atoms with Gasteiger partial charge in [0.1, 0.15) is 0 Å². The summed E-state index contributed by atoms with van der Waals surface area (Å²) in [6.07, 6.45) is 2.55. The number of likely N-dealkylation sites (tertiary alicyclic amines) is 1. The zero-order chi connectivity index (χ0) is 19.3. The van der Waals surface area contributed by atoms with E-state index in [1.807, 2.05) is 29.2 Å². The topological polar surface area (TPSA) is 69.6 Å². The van der Waals surface area contributed by atoms with E-state index >= 15 is 0 Å². The smallest absolute Gasteiger partial charge is 0.408 e. The molecule has 1 unspecified atom stereocenters. The first-order valence-electron chi connectivity index (χ1n) is 9.86. The molecule has 1 atom stereocenters. The SMILES string of the molecule is CC1c2cc(CN3CCCC3)ccc2C(=O)N1Cc1ccc2[nH]c(=O)oc2c1. The van der Waals surface area contributed by atoms with Gasteiger partial charge < -0.3 is 9.32 Å². The van der Waals surface area contributed by atoms with Gasteiger partial charge in [-0.1, -0.05) is 18.2 Å². The van der Waals surface area contributed by atoms with Crippen LogP contribution in [0.25, 0.3) is 11.1 Å². The van der Waals surface area contributed by atoms with Crippen molar-refractivity contribution in [2.75, 3.05) is 13.1 Å². The van der Waals surface area contributed by atoms with E-state index in [0.717, 1.165) is 36.3 Å². The first-order chi connectivity index (χ1) is 13.6. The minimum Gasteiger partial charge on any atom is -0.408 e. The Morgan fingerprint density at radius 3 is 2.61 bits per heavy atom. The van der Waals surface area contributed by atoms with Crippen LogP contribution in [0, 0.1) is 0 Å². The highest BCUT2D eigenvalue weighted by Gasteiger charge is 2.34. The number of carbonyl (C=O) groups excluding carboxylic acids is 1. The second-order valence-corrected chi connectivity index (χ2v) is 7.86. The standard InChI is InChI=1S/C22H23N3O3/c1-14-18-10-15(12-24-8-2-3-9-24)4-6-17(18)21(26)25(14)13-16-5-7-19-20(11-16)28-22(27)23-19/h4-7,10-11,14H,2-3,8-9,12-13H2,1H3,(H,23,27). The Morgan fingerprint density at radius 2 is 1.79 bits per heavy atom. The molecule has 144 valence electrons. The van der Waals surface area contributed by atoms with Crippen LogP contribution in [-0.4, -0.2) is 33.8 Å². The minimum atomic E-state index is -0.462. The van der Waals surface area contributed by atoms with E-state index < -0.39 is 5.76 Å². The molecule has 2 aromatic carbocycles. The van der Waals surface area contributed by atoms with Gasteiger partial charge >= 0.3 is 5.76 Å². The van der Waals surface area contributed by atoms with Crippen molar-refractivity contribution in [3.8, 4) is 0 Å². The van der Waals surface area contributed by atoms with Crippen molar-refractivity contribution in [3.63, 3.8) is 0 Å². The van der Waals surface area contributed by atoms with Crippen LogP contribution in [0.5, 0.6) is 0 Å². The minimum absolute atomic E-state index is 0.0231. The quantitative estimate of drug-likeness (QED) is 0.756. The Labute approximate surface area is 162 Å². The lowest BCUT2D eigenvalue weighted by Crippen LogP contribution is -2.26. The van der Waals surface area contributed by atoms with Crippen molar-refractivity contribution in [1.29, 1.82) is 0 Å². The van der Waals surface area contributed by atoms with E-state index in [1.54, 1.807) is 0 Å². The molecule has 2 aliphatic heterocycles. The molecule has 2 aliphatic rings. The summed E-state index contributed by atoms with van der Waals surface area (Å²) in [6.45, 7) is 5.85. The molecule has 0 spiro atoms. The fourth-order valence-electron chi connectivity index (χ4n) is 4.44. The van der Waals surface area contributed by atoms with Gasteiger partial charge in [-0.15, -0.1) is 0 Å². The molecule has 0 radical (unpaired) electrons. The molecule has 28 heavy (non-hydrogen) atoms. The molecule has 6 heteroatoms. The van der Waals surface area contributed by atoms with Crippen molar-refractivity contribution in [1.82, 2.24) is 14.8 Å². The van der Waals surface area contributed by atoms with Crippen molar-refractivity contribution in [2.24, 2.45) is 0 Å². The van der Waals surface area contributed by atoms with Crippen LogP contribution < -0.4 is 5.76 Å². The number of fused-ring (bicyclic) bond motifs is 2. The van der Waals surface area contributed by atoms with E-state index in [9.17, 15) is 9.59 Å². The van der Waals surface area contributed by atoms with Gasteiger partial charge in [0.2, 0.25) is 0 Å². The number of nitrogens with one attached hydrogen (secondary N) is 1. The monoisotopic (exact) mass is 377 g/mol. The number of amides is 1. The van der Waals surface area contributed by atoms with Crippen molar-refractivity contribution in [2.45, 2.75) is 38.9 Å². The van der Waals surface area contributed by atoms with Gasteiger partial charge in [0.25, 0.3) is 5.91 Å². The van der Waals surface area contributed by atoms with Gasteiger partial charge in [0.05, 0.1) is 11.6 Å². The summed E-state index contributed by atoms with van der Waals surface area (Å²) < 4.78 is 5.15. The summed E-state index contributed by atoms with van der Waals surface area (Å²) in [5, 5.41) is 0. The normalized spacial score (nSPS) is 19.7. The predicted octanol–water partition coefficient (Wildman–Crippen LogP) is 3.43. The second kappa shape index (κ2) is 6.63. The molecule has 0 bridgehead atoms. The number of hydrogen-bond donors (Lipinski definition) is 1. The number of aromatic amines is 1. The van der Waals surface area contributed by atoms with Gasteiger partial charge in [0, 0.05) is 18.7 Å². The van der Waals surface area contributed by atoms with Gasteiger partial charge in [-0.2, -0.15) is 0 Å². The Balaban J connectivity index is 1.39. The lowest BCUT2D eigenvalue weighted by atomic mass is 10.0. The molecule has 3 aromatic rings. The number of H-pyrrole nitrogens is 1. The van der Waals surface area contributed by atoms with Crippen LogP contribution in [0.4, 0.5) is 0 Å². The maximum Gasteiger partial charge on any atom is 0.417 e. The second-order valence-electron chi connectivity index (χ2n) is 7.86. The van der Waals surface area contributed by atoms with Gasteiger partial charge in [-0.25, -0.2) is 4.79 Å². The lowest BCUT2D eigenvalue weighted by Gasteiger charge is -2.22. The zero-order valence-corrected chi connectivity index (χ0v) is 15.9. The number of aromatic nitrogens is 1.